The molecule has 0 radical (unpaired) electrons. The number of hydrogen-bond acceptors (Lipinski definition) is 4. The van der Waals surface area contributed by atoms with Crippen molar-refractivity contribution >= 4 is 28.2 Å². The third-order valence-electron chi connectivity index (χ3n) is 4.00. The van der Waals surface area contributed by atoms with Gasteiger partial charge < -0.3 is 9.80 Å². The maximum atomic E-state index is 6.24. The first kappa shape index (κ1) is 13.6. The van der Waals surface area contributed by atoms with Crippen LogP contribution in [0.15, 0.2) is 18.2 Å². The van der Waals surface area contributed by atoms with Crippen LogP contribution in [0.5, 0.6) is 0 Å². The lowest BCUT2D eigenvalue weighted by Crippen LogP contribution is -2.31. The standard InChI is InChI=1S/C15H19ClN4/c1-10-17-14-5-4-11(8-13(14)15(16)18-10)20-7-6-12(9-20)19(2)3/h4-5,8,12H,6-7,9H2,1-3H3. The summed E-state index contributed by atoms with van der Waals surface area (Å²) in [6.45, 7) is 4.00. The van der Waals surface area contributed by atoms with E-state index in [2.05, 4.69) is 46.0 Å². The highest BCUT2D eigenvalue weighted by molar-refractivity contribution is 6.34. The average Bonchev–Trinajstić information content (AvgIpc) is 2.88. The Morgan fingerprint density at radius 2 is 2.10 bits per heavy atom. The predicted molar refractivity (Wildman–Crippen MR) is 83.6 cm³/mol. The number of rotatable bonds is 2. The Balaban J connectivity index is 1.94. The molecule has 0 N–H and O–H groups in total. The van der Waals surface area contributed by atoms with Gasteiger partial charge in [0.1, 0.15) is 11.0 Å². The van der Waals surface area contributed by atoms with Crippen LogP contribution in [0.2, 0.25) is 5.15 Å². The SMILES string of the molecule is Cc1nc(Cl)c2cc(N3CCC(N(C)C)C3)ccc2n1. The second kappa shape index (κ2) is 5.19. The second-order valence-corrected chi connectivity index (χ2v) is 5.97. The lowest BCUT2D eigenvalue weighted by Gasteiger charge is -2.22. The molecule has 1 aliphatic rings. The van der Waals surface area contributed by atoms with Gasteiger partial charge >= 0.3 is 0 Å². The molecule has 2 heterocycles. The lowest BCUT2D eigenvalue weighted by molar-refractivity contribution is 0.315. The topological polar surface area (TPSA) is 32.3 Å². The zero-order chi connectivity index (χ0) is 14.3. The zero-order valence-corrected chi connectivity index (χ0v) is 12.9. The van der Waals surface area contributed by atoms with Crippen LogP contribution in [0.4, 0.5) is 5.69 Å². The zero-order valence-electron chi connectivity index (χ0n) is 12.1. The molecule has 106 valence electrons. The molecule has 1 aromatic heterocycles. The normalized spacial score (nSPS) is 19.2. The molecule has 0 spiro atoms. The number of benzene rings is 1. The van der Waals surface area contributed by atoms with Crippen molar-refractivity contribution in [3.05, 3.63) is 29.2 Å². The molecule has 20 heavy (non-hydrogen) atoms. The van der Waals surface area contributed by atoms with E-state index in [0.29, 0.717) is 17.0 Å². The smallest absolute Gasteiger partial charge is 0.140 e. The molecule has 0 aliphatic carbocycles. The summed E-state index contributed by atoms with van der Waals surface area (Å²) >= 11 is 6.24. The van der Waals surface area contributed by atoms with Crippen LogP contribution < -0.4 is 4.90 Å². The molecule has 0 amide bonds. The van der Waals surface area contributed by atoms with Gasteiger partial charge in [-0.1, -0.05) is 11.6 Å². The highest BCUT2D eigenvalue weighted by Crippen LogP contribution is 2.28. The maximum absolute atomic E-state index is 6.24. The summed E-state index contributed by atoms with van der Waals surface area (Å²) in [7, 11) is 4.28. The summed E-state index contributed by atoms with van der Waals surface area (Å²) in [6, 6.07) is 6.89. The van der Waals surface area contributed by atoms with Crippen LogP contribution in [0.25, 0.3) is 10.9 Å². The second-order valence-electron chi connectivity index (χ2n) is 5.62. The third-order valence-corrected chi connectivity index (χ3v) is 4.29. The van der Waals surface area contributed by atoms with Crippen molar-refractivity contribution in [3.63, 3.8) is 0 Å². The molecular formula is C15H19ClN4. The minimum atomic E-state index is 0.540. The van der Waals surface area contributed by atoms with Gasteiger partial charge in [0.15, 0.2) is 0 Å². The molecule has 0 saturated carbocycles. The van der Waals surface area contributed by atoms with E-state index in [4.69, 9.17) is 11.6 Å². The fraction of sp³-hybridized carbons (Fsp3) is 0.467. The molecule has 1 atom stereocenters. The first-order valence-electron chi connectivity index (χ1n) is 6.90. The maximum Gasteiger partial charge on any atom is 0.140 e. The molecule has 4 nitrogen and oxygen atoms in total. The Bertz CT molecular complexity index is 641. The molecule has 3 rings (SSSR count). The van der Waals surface area contributed by atoms with Crippen molar-refractivity contribution in [1.29, 1.82) is 0 Å². The highest BCUT2D eigenvalue weighted by Gasteiger charge is 2.24. The van der Waals surface area contributed by atoms with Crippen molar-refractivity contribution in [2.24, 2.45) is 0 Å². The minimum Gasteiger partial charge on any atom is -0.370 e. The van der Waals surface area contributed by atoms with E-state index in [0.717, 1.165) is 24.0 Å². The van der Waals surface area contributed by atoms with Crippen LogP contribution in [-0.4, -0.2) is 48.1 Å². The van der Waals surface area contributed by atoms with Gasteiger partial charge in [0, 0.05) is 30.2 Å². The summed E-state index contributed by atoms with van der Waals surface area (Å²) in [6.07, 6.45) is 1.20. The number of fused-ring (bicyclic) bond motifs is 1. The first-order chi connectivity index (χ1) is 9.54. The van der Waals surface area contributed by atoms with E-state index in [1.807, 2.05) is 13.0 Å². The fourth-order valence-electron chi connectivity index (χ4n) is 2.78. The highest BCUT2D eigenvalue weighted by atomic mass is 35.5. The largest absolute Gasteiger partial charge is 0.370 e. The number of aryl methyl sites for hydroxylation is 1. The minimum absolute atomic E-state index is 0.540. The Labute approximate surface area is 124 Å². The lowest BCUT2D eigenvalue weighted by atomic mass is 10.2. The van der Waals surface area contributed by atoms with Crippen molar-refractivity contribution in [2.45, 2.75) is 19.4 Å². The van der Waals surface area contributed by atoms with Gasteiger partial charge in [0.2, 0.25) is 0 Å². The van der Waals surface area contributed by atoms with E-state index >= 15 is 0 Å². The fourth-order valence-corrected chi connectivity index (χ4v) is 3.06. The van der Waals surface area contributed by atoms with Gasteiger partial charge in [0.25, 0.3) is 0 Å². The van der Waals surface area contributed by atoms with Gasteiger partial charge in [0.05, 0.1) is 5.52 Å². The van der Waals surface area contributed by atoms with Gasteiger partial charge in [-0.2, -0.15) is 0 Å². The van der Waals surface area contributed by atoms with Gasteiger partial charge in [-0.25, -0.2) is 9.97 Å². The number of anilines is 1. The van der Waals surface area contributed by atoms with Crippen LogP contribution >= 0.6 is 11.6 Å². The van der Waals surface area contributed by atoms with Crippen molar-refractivity contribution in [1.82, 2.24) is 14.9 Å². The Morgan fingerprint density at radius 3 is 2.80 bits per heavy atom. The van der Waals surface area contributed by atoms with Crippen molar-refractivity contribution in [2.75, 3.05) is 32.1 Å². The van der Waals surface area contributed by atoms with Gasteiger partial charge in [-0.05, 0) is 45.6 Å². The molecule has 1 aliphatic heterocycles. The monoisotopic (exact) mass is 290 g/mol. The van der Waals surface area contributed by atoms with E-state index in [1.165, 1.54) is 12.1 Å². The van der Waals surface area contributed by atoms with E-state index < -0.39 is 0 Å². The summed E-state index contributed by atoms with van der Waals surface area (Å²) < 4.78 is 0. The number of nitrogens with zero attached hydrogens (tertiary/aromatic N) is 4. The molecule has 5 heteroatoms. The average molecular weight is 291 g/mol. The van der Waals surface area contributed by atoms with E-state index in [1.54, 1.807) is 0 Å². The third kappa shape index (κ3) is 2.45. The number of halogens is 1. The van der Waals surface area contributed by atoms with Gasteiger partial charge in [-0.3, -0.25) is 0 Å². The van der Waals surface area contributed by atoms with E-state index in [-0.39, 0.29) is 0 Å². The quantitative estimate of drug-likeness (QED) is 0.796. The van der Waals surface area contributed by atoms with Crippen LogP contribution in [0, 0.1) is 6.92 Å². The number of likely N-dealkylation sites (N-methyl/N-ethyl adjacent to an activating group) is 1. The molecule has 2 aromatic rings. The number of aromatic nitrogens is 2. The molecule has 1 fully saturated rings. The van der Waals surface area contributed by atoms with Crippen LogP contribution in [0.3, 0.4) is 0 Å². The molecule has 0 bridgehead atoms. The molecule has 1 aromatic carbocycles. The van der Waals surface area contributed by atoms with Crippen LogP contribution in [0.1, 0.15) is 12.2 Å². The number of hydrogen-bond donors (Lipinski definition) is 0. The summed E-state index contributed by atoms with van der Waals surface area (Å²) in [4.78, 5) is 13.4. The van der Waals surface area contributed by atoms with Crippen molar-refractivity contribution in [3.8, 4) is 0 Å². The summed E-state index contributed by atoms with van der Waals surface area (Å²) in [5, 5.41) is 1.47. The molecule has 1 saturated heterocycles. The van der Waals surface area contributed by atoms with Crippen LogP contribution in [-0.2, 0) is 0 Å². The van der Waals surface area contributed by atoms with E-state index in [9.17, 15) is 0 Å². The Kier molecular flexibility index (Phi) is 3.52. The molecular weight excluding hydrogens is 272 g/mol. The predicted octanol–water partition coefficient (Wildman–Crippen LogP) is 2.73. The Morgan fingerprint density at radius 1 is 1.30 bits per heavy atom. The Hall–Kier alpha value is -1.39. The van der Waals surface area contributed by atoms with Crippen molar-refractivity contribution < 1.29 is 0 Å². The summed E-state index contributed by atoms with van der Waals surface area (Å²) in [5.41, 5.74) is 2.12. The first-order valence-corrected chi connectivity index (χ1v) is 7.27. The van der Waals surface area contributed by atoms with Gasteiger partial charge in [-0.15, -0.1) is 0 Å². The summed E-state index contributed by atoms with van der Waals surface area (Å²) in [5.74, 6) is 0.712. The molecule has 1 unspecified atom stereocenters.